The molecular weight excluding hydrogens is 358 g/mol. The van der Waals surface area contributed by atoms with Crippen molar-refractivity contribution in [2.75, 3.05) is 13.2 Å². The number of carbonyl (C=O) groups excluding carboxylic acids is 1. The summed E-state index contributed by atoms with van der Waals surface area (Å²) in [5.41, 5.74) is 1.03. The molecule has 23 heavy (non-hydrogen) atoms. The smallest absolute Gasteiger partial charge is 0.253 e. The van der Waals surface area contributed by atoms with Crippen LogP contribution in [0.5, 0.6) is 11.5 Å². The molecule has 0 atom stereocenters. The molecule has 0 aliphatic carbocycles. The van der Waals surface area contributed by atoms with Crippen molar-refractivity contribution in [2.45, 2.75) is 19.4 Å². The summed E-state index contributed by atoms with van der Waals surface area (Å²) in [6, 6.07) is 13.1. The van der Waals surface area contributed by atoms with Gasteiger partial charge >= 0.3 is 0 Å². The minimum absolute atomic E-state index is 0.127. The lowest BCUT2D eigenvalue weighted by Crippen LogP contribution is -2.41. The largest absolute Gasteiger partial charge is 0.486 e. The number of halogens is 1. The molecule has 0 saturated heterocycles. The van der Waals surface area contributed by atoms with Crippen LogP contribution >= 0.6 is 15.9 Å². The van der Waals surface area contributed by atoms with Crippen LogP contribution in [0.4, 0.5) is 0 Å². The Balaban J connectivity index is 1.84. The van der Waals surface area contributed by atoms with E-state index in [-0.39, 0.29) is 5.91 Å². The van der Waals surface area contributed by atoms with E-state index >= 15 is 0 Å². The first kappa shape index (κ1) is 15.9. The zero-order valence-electron chi connectivity index (χ0n) is 13.1. The molecule has 0 unspecified atom stereocenters. The molecule has 0 bridgehead atoms. The molecule has 1 N–H and O–H groups in total. The van der Waals surface area contributed by atoms with E-state index in [4.69, 9.17) is 9.47 Å². The van der Waals surface area contributed by atoms with Gasteiger partial charge < -0.3 is 14.8 Å². The van der Waals surface area contributed by atoms with Gasteiger partial charge in [0, 0.05) is 4.47 Å². The monoisotopic (exact) mass is 375 g/mol. The number of benzene rings is 2. The Morgan fingerprint density at radius 1 is 1.09 bits per heavy atom. The van der Waals surface area contributed by atoms with Crippen molar-refractivity contribution in [3.63, 3.8) is 0 Å². The predicted molar refractivity (Wildman–Crippen MR) is 92.1 cm³/mol. The van der Waals surface area contributed by atoms with Gasteiger partial charge in [0.2, 0.25) is 0 Å². The summed E-state index contributed by atoms with van der Waals surface area (Å²) in [6.45, 7) is 5.04. The van der Waals surface area contributed by atoms with E-state index in [1.165, 1.54) is 0 Å². The molecule has 2 aromatic carbocycles. The van der Waals surface area contributed by atoms with Crippen LogP contribution in [-0.2, 0) is 5.54 Å². The van der Waals surface area contributed by atoms with Gasteiger partial charge in [-0.1, -0.05) is 18.2 Å². The highest BCUT2D eigenvalue weighted by atomic mass is 79.9. The molecule has 0 aromatic heterocycles. The summed E-state index contributed by atoms with van der Waals surface area (Å²) >= 11 is 3.41. The van der Waals surface area contributed by atoms with Crippen LogP contribution in [0.1, 0.15) is 29.8 Å². The number of hydrogen-bond acceptors (Lipinski definition) is 3. The molecule has 0 fully saturated rings. The van der Waals surface area contributed by atoms with Gasteiger partial charge in [-0.25, -0.2) is 0 Å². The van der Waals surface area contributed by atoms with Crippen LogP contribution in [0.25, 0.3) is 0 Å². The van der Waals surface area contributed by atoms with Crippen molar-refractivity contribution in [1.82, 2.24) is 5.32 Å². The zero-order valence-corrected chi connectivity index (χ0v) is 14.6. The Hall–Kier alpha value is -2.01. The number of nitrogens with one attached hydrogen (secondary N) is 1. The van der Waals surface area contributed by atoms with Gasteiger partial charge in [-0.2, -0.15) is 0 Å². The zero-order chi connectivity index (χ0) is 16.4. The van der Waals surface area contributed by atoms with Gasteiger partial charge in [-0.3, -0.25) is 4.79 Å². The van der Waals surface area contributed by atoms with E-state index in [1.54, 1.807) is 6.07 Å². The number of amides is 1. The van der Waals surface area contributed by atoms with Crippen LogP contribution in [0, 0.1) is 0 Å². The fraction of sp³-hybridized carbons (Fsp3) is 0.278. The fourth-order valence-corrected chi connectivity index (χ4v) is 2.97. The lowest BCUT2D eigenvalue weighted by molar-refractivity contribution is 0.0911. The maximum atomic E-state index is 12.5. The van der Waals surface area contributed by atoms with Gasteiger partial charge in [0.15, 0.2) is 11.5 Å². The molecule has 1 aliphatic rings. The van der Waals surface area contributed by atoms with Gasteiger partial charge in [0.25, 0.3) is 5.91 Å². The highest BCUT2D eigenvalue weighted by molar-refractivity contribution is 9.10. The molecule has 1 aliphatic heterocycles. The topological polar surface area (TPSA) is 47.6 Å². The fourth-order valence-electron chi connectivity index (χ4n) is 2.50. The molecule has 1 heterocycles. The Labute approximate surface area is 143 Å². The maximum absolute atomic E-state index is 12.5. The average Bonchev–Trinajstić information content (AvgIpc) is 2.54. The van der Waals surface area contributed by atoms with Crippen LogP contribution in [0.2, 0.25) is 0 Å². The summed E-state index contributed by atoms with van der Waals surface area (Å²) < 4.78 is 11.9. The molecule has 4 nitrogen and oxygen atoms in total. The average molecular weight is 376 g/mol. The van der Waals surface area contributed by atoms with E-state index in [0.29, 0.717) is 18.8 Å². The summed E-state index contributed by atoms with van der Waals surface area (Å²) in [5, 5.41) is 3.07. The summed E-state index contributed by atoms with van der Waals surface area (Å²) in [4.78, 5) is 12.5. The minimum atomic E-state index is -0.539. The van der Waals surface area contributed by atoms with Gasteiger partial charge in [0.05, 0.1) is 11.1 Å². The lowest BCUT2D eigenvalue weighted by Gasteiger charge is -2.29. The van der Waals surface area contributed by atoms with Crippen LogP contribution in [-0.4, -0.2) is 19.1 Å². The highest BCUT2D eigenvalue weighted by Gasteiger charge is 2.26. The standard InChI is InChI=1S/C18H18BrNO3/c1-18(2,20-17(21)13-5-3-4-6-14(13)19)12-7-8-15-16(11-12)23-10-9-22-15/h3-8,11H,9-10H2,1-2H3,(H,20,21). The van der Waals surface area contributed by atoms with Crippen LogP contribution < -0.4 is 14.8 Å². The van der Waals surface area contributed by atoms with E-state index < -0.39 is 5.54 Å². The predicted octanol–water partition coefficient (Wildman–Crippen LogP) is 3.89. The van der Waals surface area contributed by atoms with Gasteiger partial charge in [-0.15, -0.1) is 0 Å². The number of carbonyl (C=O) groups is 1. The van der Waals surface area contributed by atoms with E-state index in [9.17, 15) is 4.79 Å². The first-order chi connectivity index (χ1) is 11.0. The number of rotatable bonds is 3. The third kappa shape index (κ3) is 3.34. The first-order valence-corrected chi connectivity index (χ1v) is 8.24. The Morgan fingerprint density at radius 3 is 2.52 bits per heavy atom. The van der Waals surface area contributed by atoms with Crippen molar-refractivity contribution in [1.29, 1.82) is 0 Å². The molecule has 2 aromatic rings. The van der Waals surface area contributed by atoms with Crippen molar-refractivity contribution in [3.8, 4) is 11.5 Å². The Kier molecular flexibility index (Phi) is 4.31. The van der Waals surface area contributed by atoms with Gasteiger partial charge in [0.1, 0.15) is 13.2 Å². The quantitative estimate of drug-likeness (QED) is 0.885. The Bertz CT molecular complexity index is 743. The molecule has 0 spiro atoms. The second kappa shape index (κ2) is 6.24. The van der Waals surface area contributed by atoms with Crippen molar-refractivity contribution in [2.24, 2.45) is 0 Å². The minimum Gasteiger partial charge on any atom is -0.486 e. The summed E-state index contributed by atoms with van der Waals surface area (Å²) in [7, 11) is 0. The third-order valence-corrected chi connectivity index (χ3v) is 4.50. The van der Waals surface area contributed by atoms with Crippen molar-refractivity contribution in [3.05, 3.63) is 58.1 Å². The third-order valence-electron chi connectivity index (χ3n) is 3.81. The molecular formula is C18H18BrNO3. The highest BCUT2D eigenvalue weighted by Crippen LogP contribution is 2.34. The molecule has 0 saturated carbocycles. The second-order valence-electron chi connectivity index (χ2n) is 5.92. The number of hydrogen-bond donors (Lipinski definition) is 1. The van der Waals surface area contributed by atoms with Gasteiger partial charge in [-0.05, 0) is 59.6 Å². The number of fused-ring (bicyclic) bond motifs is 1. The first-order valence-electron chi connectivity index (χ1n) is 7.44. The van der Waals surface area contributed by atoms with E-state index in [1.807, 2.05) is 50.2 Å². The lowest BCUT2D eigenvalue weighted by atomic mass is 9.93. The molecule has 3 rings (SSSR count). The molecule has 1 amide bonds. The second-order valence-corrected chi connectivity index (χ2v) is 6.77. The number of ether oxygens (including phenoxy) is 2. The van der Waals surface area contributed by atoms with Crippen LogP contribution in [0.3, 0.4) is 0 Å². The Morgan fingerprint density at radius 2 is 1.78 bits per heavy atom. The SMILES string of the molecule is CC(C)(NC(=O)c1ccccc1Br)c1ccc2c(c1)OCCO2. The normalized spacial score (nSPS) is 13.5. The maximum Gasteiger partial charge on any atom is 0.253 e. The van der Waals surface area contributed by atoms with Crippen molar-refractivity contribution < 1.29 is 14.3 Å². The molecule has 0 radical (unpaired) electrons. The van der Waals surface area contributed by atoms with E-state index in [0.717, 1.165) is 21.5 Å². The molecule has 5 heteroatoms. The molecule has 120 valence electrons. The van der Waals surface area contributed by atoms with Crippen molar-refractivity contribution >= 4 is 21.8 Å². The summed E-state index contributed by atoms with van der Waals surface area (Å²) in [5.74, 6) is 1.34. The van der Waals surface area contributed by atoms with E-state index in [2.05, 4.69) is 21.2 Å². The van der Waals surface area contributed by atoms with Crippen LogP contribution in [0.15, 0.2) is 46.9 Å². The summed E-state index contributed by atoms with van der Waals surface area (Å²) in [6.07, 6.45) is 0.